The van der Waals surface area contributed by atoms with Crippen LogP contribution in [0.1, 0.15) is 26.0 Å². The molecule has 0 saturated heterocycles. The molecule has 0 aromatic carbocycles. The molecular weight excluding hydrogens is 228 g/mol. The molecule has 1 unspecified atom stereocenters. The van der Waals surface area contributed by atoms with Crippen molar-refractivity contribution in [3.63, 3.8) is 0 Å². The van der Waals surface area contributed by atoms with Crippen molar-refractivity contribution in [2.45, 2.75) is 25.7 Å². The summed E-state index contributed by atoms with van der Waals surface area (Å²) in [6.45, 7) is 3.11. The van der Waals surface area contributed by atoms with Crippen LogP contribution in [0, 0.1) is 6.42 Å². The number of hydrogen-bond donors (Lipinski definition) is 2. The van der Waals surface area contributed by atoms with E-state index in [1.165, 1.54) is 18.3 Å². The average molecular weight is 241 g/mol. The zero-order valence-electron chi connectivity index (χ0n) is 9.06. The topological polar surface area (TPSA) is 93.3 Å². The number of ketones is 1. The summed E-state index contributed by atoms with van der Waals surface area (Å²) in [6, 6.07) is 0. The highest BCUT2D eigenvalue weighted by atomic mass is 32.1. The first kappa shape index (κ1) is 12.6. The molecule has 1 heterocycles. The highest BCUT2D eigenvalue weighted by molar-refractivity contribution is 7.13. The summed E-state index contributed by atoms with van der Waals surface area (Å²) < 4.78 is 0. The normalized spacial score (nSPS) is 14.4. The number of carbonyl (C=O) groups excluding carboxylic acids is 1. The van der Waals surface area contributed by atoms with E-state index in [-0.39, 0.29) is 5.78 Å². The lowest BCUT2D eigenvalue weighted by molar-refractivity contribution is -0.136. The van der Waals surface area contributed by atoms with Gasteiger partial charge in [-0.1, -0.05) is 6.92 Å². The van der Waals surface area contributed by atoms with Crippen LogP contribution in [0.2, 0.25) is 0 Å². The van der Waals surface area contributed by atoms with Crippen LogP contribution in [0.25, 0.3) is 0 Å². The molecule has 1 aromatic rings. The second-order valence-corrected chi connectivity index (χ2v) is 4.32. The van der Waals surface area contributed by atoms with E-state index in [2.05, 4.69) is 4.98 Å². The van der Waals surface area contributed by atoms with E-state index in [1.807, 2.05) is 0 Å². The summed E-state index contributed by atoms with van der Waals surface area (Å²) in [5, 5.41) is 10.8. The van der Waals surface area contributed by atoms with Crippen LogP contribution < -0.4 is 5.73 Å². The average Bonchev–Trinajstić information content (AvgIpc) is 2.60. The highest BCUT2D eigenvalue weighted by Gasteiger charge is 2.40. The van der Waals surface area contributed by atoms with Crippen LogP contribution in [-0.2, 0) is 15.0 Å². The maximum atomic E-state index is 11.7. The number of carboxylic acids is 1. The van der Waals surface area contributed by atoms with Crippen LogP contribution >= 0.6 is 11.3 Å². The Hall–Kier alpha value is -1.43. The Bertz CT molecular complexity index is 416. The summed E-state index contributed by atoms with van der Waals surface area (Å²) >= 11 is 1.19. The van der Waals surface area contributed by atoms with Crippen molar-refractivity contribution < 1.29 is 14.7 Å². The summed E-state index contributed by atoms with van der Waals surface area (Å²) in [6.07, 6.45) is 1.33. The molecule has 1 atom stereocenters. The zero-order chi connectivity index (χ0) is 12.3. The van der Waals surface area contributed by atoms with E-state index in [4.69, 9.17) is 10.8 Å². The molecule has 0 spiro atoms. The van der Waals surface area contributed by atoms with Crippen molar-refractivity contribution in [3.05, 3.63) is 17.5 Å². The minimum Gasteiger partial charge on any atom is -0.481 e. The Morgan fingerprint density at radius 1 is 1.69 bits per heavy atom. The molecule has 1 radical (unpaired) electrons. The van der Waals surface area contributed by atoms with E-state index in [9.17, 15) is 9.59 Å². The molecular formula is C10H13N2O3S. The third-order valence-corrected chi connectivity index (χ3v) is 3.21. The predicted octanol–water partition coefficient (Wildman–Crippen LogP) is 1.25. The second-order valence-electron chi connectivity index (χ2n) is 3.43. The van der Waals surface area contributed by atoms with Crippen molar-refractivity contribution in [2.75, 3.05) is 5.73 Å². The van der Waals surface area contributed by atoms with Gasteiger partial charge in [-0.3, -0.25) is 9.59 Å². The number of nitrogens with two attached hydrogens (primary N) is 1. The lowest BCUT2D eigenvalue weighted by atomic mass is 9.76. The smallest absolute Gasteiger partial charge is 0.308 e. The number of carboxylic acid groups (broad SMARTS) is 1. The molecule has 6 heteroatoms. The van der Waals surface area contributed by atoms with Gasteiger partial charge in [0.25, 0.3) is 0 Å². The Morgan fingerprint density at radius 3 is 2.62 bits per heavy atom. The van der Waals surface area contributed by atoms with Gasteiger partial charge in [-0.05, 0) is 13.3 Å². The molecule has 0 saturated carbocycles. The Kier molecular flexibility index (Phi) is 3.64. The third kappa shape index (κ3) is 2.21. The van der Waals surface area contributed by atoms with Crippen molar-refractivity contribution >= 4 is 28.2 Å². The number of aromatic nitrogens is 1. The number of anilines is 1. The number of carbonyl (C=O) groups is 2. The Morgan fingerprint density at radius 2 is 2.31 bits per heavy atom. The van der Waals surface area contributed by atoms with Crippen molar-refractivity contribution in [1.29, 1.82) is 0 Å². The Labute approximate surface area is 97.3 Å². The number of aliphatic carboxylic acids is 1. The monoisotopic (exact) mass is 241 g/mol. The van der Waals surface area contributed by atoms with Crippen LogP contribution in [-0.4, -0.2) is 21.8 Å². The fourth-order valence-electron chi connectivity index (χ4n) is 1.59. The molecule has 5 nitrogen and oxygen atoms in total. The molecule has 0 bridgehead atoms. The number of nitrogen functional groups attached to an aromatic ring is 1. The van der Waals surface area contributed by atoms with Gasteiger partial charge in [0.1, 0.15) is 5.78 Å². The Balaban J connectivity index is 3.22. The standard InChI is InChI=1S/C10H13N2O3S/c1-3-10(6(2)13,4-8(14)15)7-5-16-9(11)12-7/h4-5H,3H2,1-2H3,(H2,11,12)(H,14,15). The van der Waals surface area contributed by atoms with Gasteiger partial charge in [0, 0.05) is 5.38 Å². The number of Topliss-reactive ketones (excluding diaryl/α,β-unsaturated/α-hetero) is 1. The van der Waals surface area contributed by atoms with E-state index in [0.717, 1.165) is 6.42 Å². The lowest BCUT2D eigenvalue weighted by Crippen LogP contribution is -2.37. The molecule has 0 aliphatic heterocycles. The summed E-state index contributed by atoms with van der Waals surface area (Å²) in [4.78, 5) is 26.5. The number of hydrogen-bond acceptors (Lipinski definition) is 5. The van der Waals surface area contributed by atoms with E-state index >= 15 is 0 Å². The van der Waals surface area contributed by atoms with Gasteiger partial charge in [0.15, 0.2) is 5.13 Å². The van der Waals surface area contributed by atoms with E-state index in [0.29, 0.717) is 17.2 Å². The van der Waals surface area contributed by atoms with Crippen molar-refractivity contribution in [1.82, 2.24) is 4.98 Å². The molecule has 16 heavy (non-hydrogen) atoms. The van der Waals surface area contributed by atoms with Gasteiger partial charge >= 0.3 is 5.97 Å². The summed E-state index contributed by atoms with van der Waals surface area (Å²) in [5.74, 6) is -1.38. The van der Waals surface area contributed by atoms with Gasteiger partial charge in [0.2, 0.25) is 0 Å². The van der Waals surface area contributed by atoms with Gasteiger partial charge in [-0.25, -0.2) is 4.98 Å². The van der Waals surface area contributed by atoms with Crippen LogP contribution in [0.5, 0.6) is 0 Å². The predicted molar refractivity (Wildman–Crippen MR) is 61.1 cm³/mol. The van der Waals surface area contributed by atoms with Crippen LogP contribution in [0.15, 0.2) is 5.38 Å². The minimum absolute atomic E-state index is 0.247. The number of rotatable bonds is 5. The first-order valence-electron chi connectivity index (χ1n) is 4.73. The zero-order valence-corrected chi connectivity index (χ0v) is 9.87. The maximum Gasteiger partial charge on any atom is 0.308 e. The van der Waals surface area contributed by atoms with Crippen LogP contribution in [0.3, 0.4) is 0 Å². The lowest BCUT2D eigenvalue weighted by Gasteiger charge is -2.25. The summed E-state index contributed by atoms with van der Waals surface area (Å²) in [7, 11) is 0. The minimum atomic E-state index is -1.17. The molecule has 1 aromatic heterocycles. The largest absolute Gasteiger partial charge is 0.481 e. The van der Waals surface area contributed by atoms with Crippen molar-refractivity contribution in [2.24, 2.45) is 0 Å². The van der Waals surface area contributed by atoms with Gasteiger partial charge in [-0.2, -0.15) is 0 Å². The van der Waals surface area contributed by atoms with Crippen LogP contribution in [0.4, 0.5) is 5.13 Å². The van der Waals surface area contributed by atoms with Gasteiger partial charge in [0.05, 0.1) is 17.5 Å². The molecule has 0 aliphatic rings. The molecule has 1 rings (SSSR count). The molecule has 0 amide bonds. The quantitative estimate of drug-likeness (QED) is 0.809. The van der Waals surface area contributed by atoms with E-state index < -0.39 is 11.4 Å². The van der Waals surface area contributed by atoms with E-state index in [1.54, 1.807) is 12.3 Å². The molecule has 0 aliphatic carbocycles. The van der Waals surface area contributed by atoms with Crippen molar-refractivity contribution in [3.8, 4) is 0 Å². The fourth-order valence-corrected chi connectivity index (χ4v) is 2.24. The first-order chi connectivity index (χ1) is 7.42. The third-order valence-electron chi connectivity index (χ3n) is 2.53. The molecule has 87 valence electrons. The first-order valence-corrected chi connectivity index (χ1v) is 5.61. The number of nitrogens with zero attached hydrogens (tertiary/aromatic N) is 1. The maximum absolute atomic E-state index is 11.7. The summed E-state index contributed by atoms with van der Waals surface area (Å²) in [5.41, 5.74) is 4.74. The second kappa shape index (κ2) is 4.61. The highest BCUT2D eigenvalue weighted by Crippen LogP contribution is 2.33. The van der Waals surface area contributed by atoms with Gasteiger partial charge < -0.3 is 10.8 Å². The molecule has 3 N–H and O–H groups in total. The fraction of sp³-hybridized carbons (Fsp3) is 0.400. The SMILES string of the molecule is CCC([CH]C(=O)O)(C(C)=O)c1csc(N)n1. The number of thiazole rings is 1. The molecule has 0 fully saturated rings. The van der Waals surface area contributed by atoms with Gasteiger partial charge in [-0.15, -0.1) is 11.3 Å².